The molecule has 0 saturated carbocycles. The highest BCUT2D eigenvalue weighted by atomic mass is 16.2. The van der Waals surface area contributed by atoms with Crippen molar-refractivity contribution in [3.63, 3.8) is 0 Å². The molecule has 0 spiro atoms. The van der Waals surface area contributed by atoms with Gasteiger partial charge in [-0.3, -0.25) is 4.79 Å². The van der Waals surface area contributed by atoms with Gasteiger partial charge in [0.15, 0.2) is 0 Å². The number of anilines is 2. The normalized spacial score (nSPS) is 10.9. The molecule has 0 aliphatic heterocycles. The Morgan fingerprint density at radius 3 is 2.00 bits per heavy atom. The molecule has 23 heavy (non-hydrogen) atoms. The summed E-state index contributed by atoms with van der Waals surface area (Å²) in [6, 6.07) is 13.7. The van der Waals surface area contributed by atoms with Crippen LogP contribution < -0.4 is 16.4 Å². The molecule has 2 aromatic carbocycles. The average molecular weight is 311 g/mol. The molecule has 120 valence electrons. The number of amides is 3. The van der Waals surface area contributed by atoms with Crippen LogP contribution in [0.3, 0.4) is 0 Å². The van der Waals surface area contributed by atoms with Crippen molar-refractivity contribution in [1.29, 1.82) is 0 Å². The van der Waals surface area contributed by atoms with Crippen LogP contribution in [0.15, 0.2) is 48.5 Å². The molecule has 0 unspecified atom stereocenters. The highest BCUT2D eigenvalue weighted by Crippen LogP contribution is 2.22. The molecule has 0 fully saturated rings. The predicted molar refractivity (Wildman–Crippen MR) is 92.7 cm³/mol. The summed E-state index contributed by atoms with van der Waals surface area (Å²) in [6.45, 7) is 6.37. The summed E-state index contributed by atoms with van der Waals surface area (Å²) in [5.41, 5.74) is 7.98. The fraction of sp³-hybridized carbons (Fsp3) is 0.222. The maximum Gasteiger partial charge on any atom is 0.316 e. The molecule has 0 saturated heterocycles. The maximum absolute atomic E-state index is 12.3. The lowest BCUT2D eigenvalue weighted by Crippen LogP contribution is -2.19. The van der Waals surface area contributed by atoms with E-state index in [0.29, 0.717) is 16.9 Å². The van der Waals surface area contributed by atoms with Crippen molar-refractivity contribution in [1.82, 2.24) is 0 Å². The lowest BCUT2D eigenvalue weighted by molar-refractivity contribution is 0.102. The molecule has 0 radical (unpaired) electrons. The van der Waals surface area contributed by atoms with Crippen LogP contribution in [0.4, 0.5) is 16.2 Å². The monoisotopic (exact) mass is 311 g/mol. The second kappa shape index (κ2) is 6.52. The number of nitrogens with one attached hydrogen (secondary N) is 2. The number of urea groups is 1. The maximum atomic E-state index is 12.3. The van der Waals surface area contributed by atoms with Crippen LogP contribution in [0.5, 0.6) is 0 Å². The third-order valence-corrected chi connectivity index (χ3v) is 3.40. The molecule has 2 aromatic rings. The second-order valence-corrected chi connectivity index (χ2v) is 6.35. The molecule has 0 bridgehead atoms. The highest BCUT2D eigenvalue weighted by Gasteiger charge is 2.14. The topological polar surface area (TPSA) is 84.2 Å². The zero-order valence-electron chi connectivity index (χ0n) is 13.5. The number of benzene rings is 2. The number of hydrogen-bond donors (Lipinski definition) is 3. The molecule has 0 atom stereocenters. The predicted octanol–water partition coefficient (Wildman–Crippen LogP) is 3.73. The summed E-state index contributed by atoms with van der Waals surface area (Å²) in [4.78, 5) is 23.1. The summed E-state index contributed by atoms with van der Waals surface area (Å²) < 4.78 is 0. The number of rotatable bonds is 3. The van der Waals surface area contributed by atoms with E-state index >= 15 is 0 Å². The van der Waals surface area contributed by atoms with Gasteiger partial charge in [0, 0.05) is 16.9 Å². The molecule has 3 amide bonds. The van der Waals surface area contributed by atoms with E-state index in [1.807, 2.05) is 12.1 Å². The first-order chi connectivity index (χ1) is 10.8. The van der Waals surface area contributed by atoms with E-state index in [1.165, 1.54) is 5.56 Å². The Balaban J connectivity index is 2.11. The first-order valence-electron chi connectivity index (χ1n) is 7.34. The van der Waals surface area contributed by atoms with Crippen LogP contribution in [-0.4, -0.2) is 11.9 Å². The van der Waals surface area contributed by atoms with Crippen LogP contribution in [-0.2, 0) is 5.41 Å². The van der Waals surface area contributed by atoms with Gasteiger partial charge in [-0.25, -0.2) is 4.79 Å². The van der Waals surface area contributed by atoms with E-state index in [0.717, 1.165) is 0 Å². The number of carbonyl (C=O) groups excluding carboxylic acids is 2. The zero-order chi connectivity index (χ0) is 17.0. The lowest BCUT2D eigenvalue weighted by atomic mass is 9.87. The van der Waals surface area contributed by atoms with Gasteiger partial charge in [0.25, 0.3) is 5.91 Å². The number of primary amides is 1. The Hall–Kier alpha value is -2.82. The number of carbonyl (C=O) groups is 2. The van der Waals surface area contributed by atoms with E-state index in [2.05, 4.69) is 31.4 Å². The molecular formula is C18H21N3O2. The minimum Gasteiger partial charge on any atom is -0.351 e. The number of nitrogens with two attached hydrogens (primary N) is 1. The Morgan fingerprint density at radius 1 is 0.913 bits per heavy atom. The van der Waals surface area contributed by atoms with Crippen molar-refractivity contribution >= 4 is 23.3 Å². The summed E-state index contributed by atoms with van der Waals surface area (Å²) in [6.07, 6.45) is 0. The Bertz CT molecular complexity index is 716. The van der Waals surface area contributed by atoms with Gasteiger partial charge in [-0.15, -0.1) is 0 Å². The van der Waals surface area contributed by atoms with E-state index in [-0.39, 0.29) is 11.3 Å². The number of hydrogen-bond acceptors (Lipinski definition) is 2. The van der Waals surface area contributed by atoms with Gasteiger partial charge >= 0.3 is 6.03 Å². The van der Waals surface area contributed by atoms with Crippen molar-refractivity contribution in [2.24, 2.45) is 5.73 Å². The van der Waals surface area contributed by atoms with Crippen molar-refractivity contribution in [3.8, 4) is 0 Å². The summed E-state index contributed by atoms with van der Waals surface area (Å²) in [7, 11) is 0. The third-order valence-electron chi connectivity index (χ3n) is 3.40. The summed E-state index contributed by atoms with van der Waals surface area (Å²) >= 11 is 0. The van der Waals surface area contributed by atoms with Gasteiger partial charge in [0.1, 0.15) is 0 Å². The molecule has 4 N–H and O–H groups in total. The van der Waals surface area contributed by atoms with Gasteiger partial charge in [-0.2, -0.15) is 0 Å². The van der Waals surface area contributed by atoms with Gasteiger partial charge < -0.3 is 16.4 Å². The van der Waals surface area contributed by atoms with E-state index in [1.54, 1.807) is 36.4 Å². The Labute approximate surface area is 135 Å². The molecule has 5 nitrogen and oxygen atoms in total. The van der Waals surface area contributed by atoms with E-state index in [4.69, 9.17) is 5.73 Å². The minimum atomic E-state index is -0.647. The fourth-order valence-electron chi connectivity index (χ4n) is 2.14. The van der Waals surface area contributed by atoms with Crippen LogP contribution in [0.25, 0.3) is 0 Å². The van der Waals surface area contributed by atoms with Crippen molar-refractivity contribution < 1.29 is 9.59 Å². The van der Waals surface area contributed by atoms with E-state index < -0.39 is 6.03 Å². The standard InChI is InChI=1S/C18H21N3O2/c1-18(2,3)13-9-7-12(8-10-13)16(22)20-14-5-4-6-15(11-14)21-17(19)23/h4-11H,1-3H3,(H,20,22)(H3,19,21,23). The highest BCUT2D eigenvalue weighted by molar-refractivity contribution is 6.04. The van der Waals surface area contributed by atoms with Gasteiger partial charge in [0.05, 0.1) is 0 Å². The van der Waals surface area contributed by atoms with Crippen LogP contribution >= 0.6 is 0 Å². The summed E-state index contributed by atoms with van der Waals surface area (Å²) in [5.74, 6) is -0.207. The SMILES string of the molecule is CC(C)(C)c1ccc(C(=O)Nc2cccc(NC(N)=O)c2)cc1. The third kappa shape index (κ3) is 4.57. The van der Waals surface area contributed by atoms with Crippen LogP contribution in [0, 0.1) is 0 Å². The Kier molecular flexibility index (Phi) is 4.69. The Morgan fingerprint density at radius 2 is 1.48 bits per heavy atom. The zero-order valence-corrected chi connectivity index (χ0v) is 13.5. The molecular weight excluding hydrogens is 290 g/mol. The molecule has 5 heteroatoms. The van der Waals surface area contributed by atoms with E-state index in [9.17, 15) is 9.59 Å². The fourth-order valence-corrected chi connectivity index (χ4v) is 2.14. The first-order valence-corrected chi connectivity index (χ1v) is 7.34. The van der Waals surface area contributed by atoms with Gasteiger partial charge in [-0.1, -0.05) is 39.0 Å². The molecule has 2 rings (SSSR count). The minimum absolute atomic E-state index is 0.0454. The lowest BCUT2D eigenvalue weighted by Gasteiger charge is -2.19. The quantitative estimate of drug-likeness (QED) is 0.807. The second-order valence-electron chi connectivity index (χ2n) is 6.35. The molecule has 0 aliphatic carbocycles. The molecule has 0 heterocycles. The smallest absolute Gasteiger partial charge is 0.316 e. The van der Waals surface area contributed by atoms with Crippen LogP contribution in [0.1, 0.15) is 36.7 Å². The average Bonchev–Trinajstić information content (AvgIpc) is 2.46. The van der Waals surface area contributed by atoms with Crippen molar-refractivity contribution in [2.45, 2.75) is 26.2 Å². The van der Waals surface area contributed by atoms with Crippen LogP contribution in [0.2, 0.25) is 0 Å². The largest absolute Gasteiger partial charge is 0.351 e. The molecule has 0 aromatic heterocycles. The molecule has 0 aliphatic rings. The summed E-state index contributed by atoms with van der Waals surface area (Å²) in [5, 5.41) is 5.27. The van der Waals surface area contributed by atoms with Crippen molar-refractivity contribution in [2.75, 3.05) is 10.6 Å². The first kappa shape index (κ1) is 16.5. The van der Waals surface area contributed by atoms with Crippen molar-refractivity contribution in [3.05, 3.63) is 59.7 Å². The van der Waals surface area contributed by atoms with Gasteiger partial charge in [-0.05, 0) is 41.3 Å². The van der Waals surface area contributed by atoms with Gasteiger partial charge in [0.2, 0.25) is 0 Å².